The van der Waals surface area contributed by atoms with Crippen molar-refractivity contribution in [2.75, 3.05) is 19.8 Å². The average molecular weight is 328 g/mol. The maximum atomic E-state index is 11.8. The third-order valence-electron chi connectivity index (χ3n) is 3.03. The molecule has 1 aromatic carbocycles. The lowest BCUT2D eigenvalue weighted by Crippen LogP contribution is -2.37. The van der Waals surface area contributed by atoms with Crippen LogP contribution in [-0.2, 0) is 9.53 Å². The molecule has 1 N–H and O–H groups in total. The van der Waals surface area contributed by atoms with Crippen molar-refractivity contribution in [3.63, 3.8) is 0 Å². The summed E-state index contributed by atoms with van der Waals surface area (Å²) in [6.45, 7) is 3.65. The van der Waals surface area contributed by atoms with Crippen LogP contribution in [0.1, 0.15) is 13.3 Å². The topological polar surface area (TPSA) is 47.6 Å². The molecule has 2 rings (SSSR count). The predicted octanol–water partition coefficient (Wildman–Crippen LogP) is 2.37. The third kappa shape index (κ3) is 4.21. The van der Waals surface area contributed by atoms with Crippen molar-refractivity contribution in [2.45, 2.75) is 19.4 Å². The number of para-hydroxylation sites is 1. The zero-order valence-electron chi connectivity index (χ0n) is 10.9. The van der Waals surface area contributed by atoms with Crippen LogP contribution in [0.4, 0.5) is 0 Å². The van der Waals surface area contributed by atoms with E-state index in [1.807, 2.05) is 31.2 Å². The Morgan fingerprint density at radius 1 is 1.58 bits per heavy atom. The summed E-state index contributed by atoms with van der Waals surface area (Å²) in [5.41, 5.74) is 0. The molecule has 1 heterocycles. The predicted molar refractivity (Wildman–Crippen MR) is 76.2 cm³/mol. The molecule has 1 saturated heterocycles. The molecule has 0 spiro atoms. The molecule has 0 saturated carbocycles. The van der Waals surface area contributed by atoms with E-state index in [1.165, 1.54) is 0 Å². The van der Waals surface area contributed by atoms with Gasteiger partial charge in [-0.3, -0.25) is 4.79 Å². The highest BCUT2D eigenvalue weighted by Gasteiger charge is 2.23. The number of rotatable bonds is 5. The Kier molecular flexibility index (Phi) is 5.22. The molecule has 1 aliphatic rings. The van der Waals surface area contributed by atoms with Crippen LogP contribution >= 0.6 is 15.9 Å². The Hall–Kier alpha value is -1.07. The molecule has 1 amide bonds. The number of hydrogen-bond donors (Lipinski definition) is 1. The first-order valence-electron chi connectivity index (χ1n) is 6.43. The number of hydrogen-bond acceptors (Lipinski definition) is 3. The van der Waals surface area contributed by atoms with Gasteiger partial charge in [0.2, 0.25) is 5.91 Å². The fourth-order valence-electron chi connectivity index (χ4n) is 1.93. The van der Waals surface area contributed by atoms with Crippen molar-refractivity contribution in [1.82, 2.24) is 5.32 Å². The van der Waals surface area contributed by atoms with Crippen LogP contribution in [0.25, 0.3) is 0 Å². The van der Waals surface area contributed by atoms with E-state index < -0.39 is 0 Å². The molecule has 1 aromatic rings. The molecule has 1 aliphatic heterocycles. The van der Waals surface area contributed by atoms with Gasteiger partial charge in [0.05, 0.1) is 23.5 Å². The highest BCUT2D eigenvalue weighted by atomic mass is 79.9. The summed E-state index contributed by atoms with van der Waals surface area (Å²) in [7, 11) is 0. The maximum Gasteiger partial charge on any atom is 0.225 e. The van der Waals surface area contributed by atoms with Gasteiger partial charge < -0.3 is 14.8 Å². The van der Waals surface area contributed by atoms with Gasteiger partial charge in [0.15, 0.2) is 0 Å². The van der Waals surface area contributed by atoms with Crippen LogP contribution in [-0.4, -0.2) is 31.8 Å². The minimum absolute atomic E-state index is 0.00402. The largest absolute Gasteiger partial charge is 0.488 e. The lowest BCUT2D eigenvalue weighted by molar-refractivity contribution is -0.125. The summed E-state index contributed by atoms with van der Waals surface area (Å²) in [6, 6.07) is 7.68. The van der Waals surface area contributed by atoms with Crippen molar-refractivity contribution in [2.24, 2.45) is 5.92 Å². The minimum atomic E-state index is -0.0787. The Morgan fingerprint density at radius 3 is 3.05 bits per heavy atom. The molecule has 4 nitrogen and oxygen atoms in total. The number of carbonyl (C=O) groups is 1. The highest BCUT2D eigenvalue weighted by molar-refractivity contribution is 9.10. The second-order valence-electron chi connectivity index (χ2n) is 4.66. The molecule has 104 valence electrons. The zero-order valence-corrected chi connectivity index (χ0v) is 12.5. The molecule has 0 unspecified atom stereocenters. The number of amides is 1. The van der Waals surface area contributed by atoms with Crippen LogP contribution in [0, 0.1) is 5.92 Å². The van der Waals surface area contributed by atoms with Gasteiger partial charge >= 0.3 is 0 Å². The monoisotopic (exact) mass is 327 g/mol. The van der Waals surface area contributed by atoms with E-state index in [-0.39, 0.29) is 17.9 Å². The van der Waals surface area contributed by atoms with E-state index in [4.69, 9.17) is 9.47 Å². The van der Waals surface area contributed by atoms with Gasteiger partial charge in [-0.15, -0.1) is 0 Å². The van der Waals surface area contributed by atoms with Crippen molar-refractivity contribution < 1.29 is 14.3 Å². The Balaban J connectivity index is 1.76. The molecule has 19 heavy (non-hydrogen) atoms. The summed E-state index contributed by atoms with van der Waals surface area (Å²) >= 11 is 3.43. The average Bonchev–Trinajstić information content (AvgIpc) is 2.93. The SMILES string of the molecule is C[C@H](CNC(=O)[C@H]1CCOC1)Oc1ccccc1Br. The summed E-state index contributed by atoms with van der Waals surface area (Å²) in [6.07, 6.45) is 0.732. The quantitative estimate of drug-likeness (QED) is 0.903. The molecular formula is C14H18BrNO3. The molecule has 2 atom stereocenters. The second-order valence-corrected chi connectivity index (χ2v) is 5.52. The lowest BCUT2D eigenvalue weighted by Gasteiger charge is -2.17. The second kappa shape index (κ2) is 6.91. The van der Waals surface area contributed by atoms with Crippen LogP contribution in [0.5, 0.6) is 5.75 Å². The Bertz CT molecular complexity index is 432. The lowest BCUT2D eigenvalue weighted by atomic mass is 10.1. The van der Waals surface area contributed by atoms with Crippen molar-refractivity contribution in [3.05, 3.63) is 28.7 Å². The molecule has 0 radical (unpaired) electrons. The number of ether oxygens (including phenoxy) is 2. The van der Waals surface area contributed by atoms with Crippen LogP contribution < -0.4 is 10.1 Å². The number of carbonyl (C=O) groups excluding carboxylic acids is 1. The molecular weight excluding hydrogens is 310 g/mol. The van der Waals surface area contributed by atoms with E-state index in [2.05, 4.69) is 21.2 Å². The smallest absolute Gasteiger partial charge is 0.225 e. The third-order valence-corrected chi connectivity index (χ3v) is 3.68. The van der Waals surface area contributed by atoms with Gasteiger partial charge in [0, 0.05) is 6.61 Å². The first kappa shape index (κ1) is 14.3. The van der Waals surface area contributed by atoms with Gasteiger partial charge in [-0.05, 0) is 41.4 Å². The summed E-state index contributed by atoms with van der Waals surface area (Å²) in [4.78, 5) is 11.8. The molecule has 5 heteroatoms. The Labute approximate surface area is 121 Å². The number of nitrogens with one attached hydrogen (secondary N) is 1. The highest BCUT2D eigenvalue weighted by Crippen LogP contribution is 2.24. The van der Waals surface area contributed by atoms with Gasteiger partial charge in [0.25, 0.3) is 0 Å². The molecule has 1 fully saturated rings. The standard InChI is InChI=1S/C14H18BrNO3/c1-10(19-13-5-3-2-4-12(13)15)8-16-14(17)11-6-7-18-9-11/h2-5,10-11H,6-9H2,1H3,(H,16,17)/t10-,11+/m1/s1. The van der Waals surface area contributed by atoms with E-state index in [9.17, 15) is 4.79 Å². The van der Waals surface area contributed by atoms with Crippen molar-refractivity contribution in [3.8, 4) is 5.75 Å². The van der Waals surface area contributed by atoms with E-state index in [0.717, 1.165) is 16.6 Å². The summed E-state index contributed by atoms with van der Waals surface area (Å²) < 4.78 is 11.9. The van der Waals surface area contributed by atoms with Crippen LogP contribution in [0.15, 0.2) is 28.7 Å². The van der Waals surface area contributed by atoms with E-state index in [1.54, 1.807) is 0 Å². The normalized spacial score (nSPS) is 20.0. The fourth-order valence-corrected chi connectivity index (χ4v) is 2.31. The summed E-state index contributed by atoms with van der Waals surface area (Å²) in [5, 5.41) is 2.90. The van der Waals surface area contributed by atoms with Crippen LogP contribution in [0.3, 0.4) is 0 Å². The zero-order chi connectivity index (χ0) is 13.7. The molecule has 0 aromatic heterocycles. The molecule has 0 aliphatic carbocycles. The Morgan fingerprint density at radius 2 is 2.37 bits per heavy atom. The van der Waals surface area contributed by atoms with Crippen molar-refractivity contribution in [1.29, 1.82) is 0 Å². The maximum absolute atomic E-state index is 11.8. The first-order chi connectivity index (χ1) is 9.16. The fraction of sp³-hybridized carbons (Fsp3) is 0.500. The van der Waals surface area contributed by atoms with E-state index >= 15 is 0 Å². The minimum Gasteiger partial charge on any atom is -0.488 e. The first-order valence-corrected chi connectivity index (χ1v) is 7.22. The summed E-state index contributed by atoms with van der Waals surface area (Å²) in [5.74, 6) is 0.837. The van der Waals surface area contributed by atoms with E-state index in [0.29, 0.717) is 19.8 Å². The van der Waals surface area contributed by atoms with Gasteiger partial charge in [-0.25, -0.2) is 0 Å². The molecule has 0 bridgehead atoms. The van der Waals surface area contributed by atoms with Crippen LogP contribution in [0.2, 0.25) is 0 Å². The van der Waals surface area contributed by atoms with Gasteiger partial charge in [0.1, 0.15) is 11.9 Å². The van der Waals surface area contributed by atoms with Crippen molar-refractivity contribution >= 4 is 21.8 Å². The number of halogens is 1. The van der Waals surface area contributed by atoms with Gasteiger partial charge in [-0.1, -0.05) is 12.1 Å². The number of benzene rings is 1. The van der Waals surface area contributed by atoms with Gasteiger partial charge in [-0.2, -0.15) is 0 Å².